The first-order valence-corrected chi connectivity index (χ1v) is 5.45. The molecule has 1 aromatic rings. The number of rotatable bonds is 1. The van der Waals surface area contributed by atoms with Crippen LogP contribution in [0.25, 0.3) is 0 Å². The van der Waals surface area contributed by atoms with Gasteiger partial charge >= 0.3 is 5.97 Å². The van der Waals surface area contributed by atoms with Crippen molar-refractivity contribution >= 4 is 17.7 Å². The van der Waals surface area contributed by atoms with Gasteiger partial charge in [0.15, 0.2) is 0 Å². The average Bonchev–Trinajstić information content (AvgIpc) is 2.36. The van der Waals surface area contributed by atoms with Gasteiger partial charge in [-0.25, -0.2) is 9.18 Å². The third-order valence-corrected chi connectivity index (χ3v) is 3.68. The molecule has 1 heterocycles. The summed E-state index contributed by atoms with van der Waals surface area (Å²) in [6.45, 7) is 4.13. The predicted octanol–water partition coefficient (Wildman–Crippen LogP) is 2.95. The number of halogens is 1. The molecule has 4 heteroatoms. The third kappa shape index (κ3) is 1.86. The van der Waals surface area contributed by atoms with Crippen molar-refractivity contribution in [1.82, 2.24) is 0 Å². The zero-order valence-electron chi connectivity index (χ0n) is 8.50. The van der Waals surface area contributed by atoms with E-state index in [0.29, 0.717) is 0 Å². The van der Waals surface area contributed by atoms with Crippen LogP contribution < -0.4 is 0 Å². The van der Waals surface area contributed by atoms with Gasteiger partial charge in [0.1, 0.15) is 5.82 Å². The van der Waals surface area contributed by atoms with Crippen LogP contribution in [-0.4, -0.2) is 15.8 Å². The van der Waals surface area contributed by atoms with Crippen LogP contribution in [0.3, 0.4) is 0 Å². The maximum atomic E-state index is 13.4. The Kier molecular flexibility index (Phi) is 2.26. The van der Waals surface area contributed by atoms with Crippen molar-refractivity contribution in [3.8, 4) is 0 Å². The second-order valence-electron chi connectivity index (χ2n) is 4.28. The highest BCUT2D eigenvalue weighted by molar-refractivity contribution is 8.01. The van der Waals surface area contributed by atoms with E-state index in [1.54, 1.807) is 11.8 Å². The van der Waals surface area contributed by atoms with Gasteiger partial charge in [0.05, 0.1) is 5.56 Å². The van der Waals surface area contributed by atoms with E-state index in [9.17, 15) is 9.18 Å². The highest BCUT2D eigenvalue weighted by Gasteiger charge is 2.31. The lowest BCUT2D eigenvalue weighted by Gasteiger charge is -2.13. The van der Waals surface area contributed by atoms with Gasteiger partial charge in [-0.2, -0.15) is 0 Å². The summed E-state index contributed by atoms with van der Waals surface area (Å²) in [4.78, 5) is 11.6. The van der Waals surface area contributed by atoms with Crippen LogP contribution in [0.4, 0.5) is 4.39 Å². The Morgan fingerprint density at radius 3 is 2.80 bits per heavy atom. The largest absolute Gasteiger partial charge is 0.478 e. The van der Waals surface area contributed by atoms with E-state index in [1.165, 1.54) is 12.1 Å². The molecule has 1 N–H and O–H groups in total. The number of carboxylic acid groups (broad SMARTS) is 1. The van der Waals surface area contributed by atoms with Gasteiger partial charge in [-0.15, -0.1) is 11.8 Å². The van der Waals surface area contributed by atoms with E-state index in [2.05, 4.69) is 13.8 Å². The van der Waals surface area contributed by atoms with Crippen LogP contribution in [0.2, 0.25) is 0 Å². The number of benzene rings is 1. The highest BCUT2D eigenvalue weighted by atomic mass is 32.2. The Morgan fingerprint density at radius 2 is 2.20 bits per heavy atom. The minimum atomic E-state index is -1.21. The van der Waals surface area contributed by atoms with Gasteiger partial charge in [0, 0.05) is 9.64 Å². The number of fused-ring (bicyclic) bond motifs is 1. The molecule has 2 nitrogen and oxygen atoms in total. The summed E-state index contributed by atoms with van der Waals surface area (Å²) >= 11 is 1.60. The van der Waals surface area contributed by atoms with Crippen molar-refractivity contribution in [2.24, 2.45) is 0 Å². The molecule has 80 valence electrons. The van der Waals surface area contributed by atoms with Crippen molar-refractivity contribution in [2.75, 3.05) is 0 Å². The molecule has 1 aliphatic heterocycles. The molecule has 0 spiro atoms. The van der Waals surface area contributed by atoms with Crippen LogP contribution >= 0.6 is 11.8 Å². The third-order valence-electron chi connectivity index (χ3n) is 2.38. The number of hydrogen-bond donors (Lipinski definition) is 1. The second kappa shape index (κ2) is 3.23. The quantitative estimate of drug-likeness (QED) is 0.800. The van der Waals surface area contributed by atoms with E-state index >= 15 is 0 Å². The van der Waals surface area contributed by atoms with Gasteiger partial charge in [-0.3, -0.25) is 0 Å². The first kappa shape index (κ1) is 10.5. The summed E-state index contributed by atoms with van der Waals surface area (Å²) in [7, 11) is 0. The Morgan fingerprint density at radius 1 is 1.53 bits per heavy atom. The molecule has 0 atom stereocenters. The van der Waals surface area contributed by atoms with E-state index in [0.717, 1.165) is 16.9 Å². The van der Waals surface area contributed by atoms with E-state index in [1.807, 2.05) is 0 Å². The van der Waals surface area contributed by atoms with Gasteiger partial charge in [0.25, 0.3) is 0 Å². The summed E-state index contributed by atoms with van der Waals surface area (Å²) in [5, 5.41) is 8.78. The predicted molar refractivity (Wildman–Crippen MR) is 57.0 cm³/mol. The maximum absolute atomic E-state index is 13.4. The molecule has 0 aromatic heterocycles. The Hall–Kier alpha value is -1.03. The molecule has 0 fully saturated rings. The van der Waals surface area contributed by atoms with E-state index in [4.69, 9.17) is 5.11 Å². The monoisotopic (exact) mass is 226 g/mol. The standard InChI is InChI=1S/C11H11FO2S/c1-11(2)5-6-3-8(12)7(10(13)14)4-9(6)15-11/h3-4H,5H2,1-2H3,(H,13,14). The molecular weight excluding hydrogens is 215 g/mol. The molecule has 15 heavy (non-hydrogen) atoms. The van der Waals surface area contributed by atoms with Crippen molar-refractivity contribution < 1.29 is 14.3 Å². The van der Waals surface area contributed by atoms with Gasteiger partial charge in [0.2, 0.25) is 0 Å². The molecule has 0 saturated carbocycles. The molecule has 1 aromatic carbocycles. The number of aromatic carboxylic acids is 1. The first-order valence-electron chi connectivity index (χ1n) is 4.64. The molecule has 0 saturated heterocycles. The Bertz CT molecular complexity index is 440. The fourth-order valence-electron chi connectivity index (χ4n) is 1.78. The zero-order chi connectivity index (χ0) is 11.2. The highest BCUT2D eigenvalue weighted by Crippen LogP contribution is 2.45. The minimum absolute atomic E-state index is 0.0336. The summed E-state index contributed by atoms with van der Waals surface area (Å²) in [5.41, 5.74) is 0.673. The Balaban J connectivity index is 2.50. The van der Waals surface area contributed by atoms with Crippen LogP contribution in [0, 0.1) is 5.82 Å². The normalized spacial score (nSPS) is 17.5. The number of thioether (sulfide) groups is 1. The van der Waals surface area contributed by atoms with Crippen molar-refractivity contribution in [3.63, 3.8) is 0 Å². The van der Waals surface area contributed by atoms with Crippen molar-refractivity contribution in [2.45, 2.75) is 29.9 Å². The lowest BCUT2D eigenvalue weighted by Crippen LogP contribution is -2.11. The first-order chi connectivity index (χ1) is 6.89. The summed E-state index contributed by atoms with van der Waals surface area (Å²) in [6.07, 6.45) is 0.782. The van der Waals surface area contributed by atoms with Gasteiger partial charge in [-0.1, -0.05) is 13.8 Å². The SMILES string of the molecule is CC1(C)Cc2cc(F)c(C(=O)O)cc2S1. The molecule has 0 radical (unpaired) electrons. The Labute approximate surface area is 91.5 Å². The van der Waals surface area contributed by atoms with E-state index < -0.39 is 11.8 Å². The maximum Gasteiger partial charge on any atom is 0.338 e. The minimum Gasteiger partial charge on any atom is -0.478 e. The fourth-order valence-corrected chi connectivity index (χ4v) is 3.05. The van der Waals surface area contributed by atoms with Crippen LogP contribution in [0.15, 0.2) is 17.0 Å². The molecular formula is C11H11FO2S. The molecule has 0 bridgehead atoms. The molecule has 1 aliphatic rings. The zero-order valence-corrected chi connectivity index (χ0v) is 9.32. The topological polar surface area (TPSA) is 37.3 Å². The fraction of sp³-hybridized carbons (Fsp3) is 0.364. The lowest BCUT2D eigenvalue weighted by atomic mass is 10.0. The summed E-state index contributed by atoms with van der Waals surface area (Å²) in [6, 6.07) is 2.78. The number of carboxylic acids is 1. The second-order valence-corrected chi connectivity index (χ2v) is 6.03. The summed E-state index contributed by atoms with van der Waals surface area (Å²) in [5.74, 6) is -1.85. The molecule has 0 amide bonds. The van der Waals surface area contributed by atoms with Crippen LogP contribution in [0.1, 0.15) is 29.8 Å². The van der Waals surface area contributed by atoms with Gasteiger partial charge in [-0.05, 0) is 24.1 Å². The molecule has 0 aliphatic carbocycles. The van der Waals surface area contributed by atoms with Crippen molar-refractivity contribution in [1.29, 1.82) is 0 Å². The van der Waals surface area contributed by atoms with Gasteiger partial charge < -0.3 is 5.11 Å². The average molecular weight is 226 g/mol. The van der Waals surface area contributed by atoms with E-state index in [-0.39, 0.29) is 10.3 Å². The number of hydrogen-bond acceptors (Lipinski definition) is 2. The smallest absolute Gasteiger partial charge is 0.338 e. The van der Waals surface area contributed by atoms with Crippen LogP contribution in [-0.2, 0) is 6.42 Å². The molecule has 0 unspecified atom stereocenters. The van der Waals surface area contributed by atoms with Crippen molar-refractivity contribution in [3.05, 3.63) is 29.1 Å². The lowest BCUT2D eigenvalue weighted by molar-refractivity contribution is 0.0691. The molecule has 2 rings (SSSR count). The summed E-state index contributed by atoms with van der Waals surface area (Å²) < 4.78 is 13.4. The van der Waals surface area contributed by atoms with Crippen LogP contribution in [0.5, 0.6) is 0 Å². The number of carbonyl (C=O) groups is 1.